The maximum Gasteiger partial charge on any atom is 0.407 e. The molecule has 0 spiro atoms. The number of carbonyl (C=O) groups excluding carboxylic acids is 2. The smallest absolute Gasteiger partial charge is 0.407 e. The summed E-state index contributed by atoms with van der Waals surface area (Å²) in [7, 11) is 0. The number of hydrogen-bond acceptors (Lipinski definition) is 5. The van der Waals surface area contributed by atoms with Gasteiger partial charge in [0.05, 0.1) is 18.8 Å². The minimum absolute atomic E-state index is 0.275. The molecule has 2 rings (SSSR count). The van der Waals surface area contributed by atoms with Crippen LogP contribution in [0, 0.1) is 0 Å². The van der Waals surface area contributed by atoms with Crippen LogP contribution >= 0.6 is 0 Å². The minimum atomic E-state index is -0.563. The highest BCUT2D eigenvalue weighted by molar-refractivity contribution is 5.89. The zero-order chi connectivity index (χ0) is 19.2. The molecule has 7 nitrogen and oxygen atoms in total. The molecule has 0 bridgehead atoms. The van der Waals surface area contributed by atoms with Crippen LogP contribution in [-0.4, -0.2) is 40.6 Å². The van der Waals surface area contributed by atoms with Crippen molar-refractivity contribution in [3.63, 3.8) is 0 Å². The first-order valence-electron chi connectivity index (χ1n) is 8.57. The summed E-state index contributed by atoms with van der Waals surface area (Å²) in [5.74, 6) is -0.445. The van der Waals surface area contributed by atoms with Crippen LogP contribution in [0.15, 0.2) is 36.4 Å². The predicted octanol–water partition coefficient (Wildman–Crippen LogP) is 3.25. The molecule has 1 heterocycles. The van der Waals surface area contributed by atoms with Gasteiger partial charge in [-0.15, -0.1) is 0 Å². The highest BCUT2D eigenvalue weighted by Crippen LogP contribution is 2.19. The van der Waals surface area contributed by atoms with Gasteiger partial charge in [-0.2, -0.15) is 5.10 Å². The molecule has 1 aromatic carbocycles. The number of aromatic nitrogens is 2. The number of rotatable bonds is 6. The molecule has 0 radical (unpaired) electrons. The Labute approximate surface area is 153 Å². The van der Waals surface area contributed by atoms with Crippen LogP contribution in [0.1, 0.15) is 38.2 Å². The summed E-state index contributed by atoms with van der Waals surface area (Å²) < 4.78 is 11.8. The molecule has 0 aliphatic carbocycles. The van der Waals surface area contributed by atoms with Crippen LogP contribution in [0.25, 0.3) is 11.3 Å². The van der Waals surface area contributed by atoms with Crippen molar-refractivity contribution >= 4 is 12.1 Å². The van der Waals surface area contributed by atoms with Crippen LogP contribution in [0.2, 0.25) is 0 Å². The number of hydrogen-bond donors (Lipinski definition) is 1. The van der Waals surface area contributed by atoms with E-state index in [0.29, 0.717) is 17.9 Å². The Morgan fingerprint density at radius 3 is 2.50 bits per heavy atom. The third kappa shape index (κ3) is 5.61. The molecule has 0 aliphatic heterocycles. The Bertz CT molecular complexity index is 748. The third-order valence-electron chi connectivity index (χ3n) is 3.33. The SMILES string of the molecule is CCOC(=O)c1cc(-c2ccccc2)nn1CCNC(=O)OC(C)(C)C. The van der Waals surface area contributed by atoms with E-state index < -0.39 is 17.7 Å². The largest absolute Gasteiger partial charge is 0.461 e. The summed E-state index contributed by atoms with van der Waals surface area (Å²) in [6, 6.07) is 11.3. The van der Waals surface area contributed by atoms with Gasteiger partial charge in [0.25, 0.3) is 0 Å². The van der Waals surface area contributed by atoms with Crippen LogP contribution < -0.4 is 5.32 Å². The fraction of sp³-hybridized carbons (Fsp3) is 0.421. The fourth-order valence-electron chi connectivity index (χ4n) is 2.28. The summed E-state index contributed by atoms with van der Waals surface area (Å²) >= 11 is 0. The normalized spacial score (nSPS) is 11.1. The van der Waals surface area contributed by atoms with E-state index in [0.717, 1.165) is 5.56 Å². The van der Waals surface area contributed by atoms with Gasteiger partial charge in [0, 0.05) is 12.1 Å². The van der Waals surface area contributed by atoms with Gasteiger partial charge in [0.2, 0.25) is 0 Å². The second-order valence-electron chi connectivity index (χ2n) is 6.65. The average molecular weight is 359 g/mol. The topological polar surface area (TPSA) is 82.5 Å². The molecule has 0 saturated heterocycles. The van der Waals surface area contributed by atoms with Crippen molar-refractivity contribution in [2.24, 2.45) is 0 Å². The van der Waals surface area contributed by atoms with Crippen molar-refractivity contribution in [2.45, 2.75) is 39.8 Å². The number of esters is 1. The van der Waals surface area contributed by atoms with Crippen LogP contribution in [0.5, 0.6) is 0 Å². The van der Waals surface area contributed by atoms with Crippen LogP contribution in [0.4, 0.5) is 4.79 Å². The maximum atomic E-state index is 12.2. The molecule has 0 saturated carbocycles. The summed E-state index contributed by atoms with van der Waals surface area (Å²) in [6.45, 7) is 8.01. The monoisotopic (exact) mass is 359 g/mol. The van der Waals surface area contributed by atoms with Crippen molar-refractivity contribution in [1.29, 1.82) is 0 Å². The van der Waals surface area contributed by atoms with Crippen molar-refractivity contribution in [3.8, 4) is 11.3 Å². The molecule has 140 valence electrons. The molecule has 0 unspecified atom stereocenters. The van der Waals surface area contributed by atoms with Crippen molar-refractivity contribution < 1.29 is 19.1 Å². The van der Waals surface area contributed by atoms with E-state index in [4.69, 9.17) is 9.47 Å². The van der Waals surface area contributed by atoms with E-state index in [1.54, 1.807) is 33.8 Å². The molecule has 0 atom stereocenters. The molecule has 1 N–H and O–H groups in total. The first-order valence-corrected chi connectivity index (χ1v) is 8.57. The summed E-state index contributed by atoms with van der Waals surface area (Å²) in [6.07, 6.45) is -0.509. The Balaban J connectivity index is 2.11. The lowest BCUT2D eigenvalue weighted by Crippen LogP contribution is -2.34. The number of nitrogens with zero attached hydrogens (tertiary/aromatic N) is 2. The average Bonchev–Trinajstić information content (AvgIpc) is 2.98. The number of nitrogens with one attached hydrogen (secondary N) is 1. The fourth-order valence-corrected chi connectivity index (χ4v) is 2.28. The predicted molar refractivity (Wildman–Crippen MR) is 97.9 cm³/mol. The zero-order valence-corrected chi connectivity index (χ0v) is 15.6. The first kappa shape index (κ1) is 19.5. The van der Waals surface area contributed by atoms with Gasteiger partial charge in [0.1, 0.15) is 11.3 Å². The van der Waals surface area contributed by atoms with E-state index in [1.807, 2.05) is 30.3 Å². The molecule has 0 aliphatic rings. The lowest BCUT2D eigenvalue weighted by molar-refractivity contribution is 0.0512. The van der Waals surface area contributed by atoms with Gasteiger partial charge in [-0.1, -0.05) is 30.3 Å². The first-order chi connectivity index (χ1) is 12.3. The van der Waals surface area contributed by atoms with E-state index >= 15 is 0 Å². The van der Waals surface area contributed by atoms with E-state index in [2.05, 4.69) is 10.4 Å². The number of alkyl carbamates (subject to hydrolysis) is 1. The molecule has 26 heavy (non-hydrogen) atoms. The Hall–Kier alpha value is -2.83. The molecule has 0 fully saturated rings. The maximum absolute atomic E-state index is 12.2. The zero-order valence-electron chi connectivity index (χ0n) is 15.6. The minimum Gasteiger partial charge on any atom is -0.461 e. The molecule has 1 amide bonds. The van der Waals surface area contributed by atoms with Gasteiger partial charge >= 0.3 is 12.1 Å². The second-order valence-corrected chi connectivity index (χ2v) is 6.65. The van der Waals surface area contributed by atoms with E-state index in [-0.39, 0.29) is 13.2 Å². The lowest BCUT2D eigenvalue weighted by Gasteiger charge is -2.19. The van der Waals surface area contributed by atoms with Crippen molar-refractivity contribution in [2.75, 3.05) is 13.2 Å². The number of ether oxygens (including phenoxy) is 2. The van der Waals surface area contributed by atoms with Crippen molar-refractivity contribution in [1.82, 2.24) is 15.1 Å². The Morgan fingerprint density at radius 1 is 1.19 bits per heavy atom. The highest BCUT2D eigenvalue weighted by atomic mass is 16.6. The molecule has 1 aromatic heterocycles. The van der Waals surface area contributed by atoms with Gasteiger partial charge in [-0.05, 0) is 33.8 Å². The lowest BCUT2D eigenvalue weighted by atomic mass is 10.1. The van der Waals surface area contributed by atoms with Crippen LogP contribution in [0.3, 0.4) is 0 Å². The second kappa shape index (κ2) is 8.51. The third-order valence-corrected chi connectivity index (χ3v) is 3.33. The van der Waals surface area contributed by atoms with Gasteiger partial charge < -0.3 is 14.8 Å². The number of benzene rings is 1. The van der Waals surface area contributed by atoms with Gasteiger partial charge in [0.15, 0.2) is 0 Å². The summed E-state index contributed by atoms with van der Waals surface area (Å²) in [4.78, 5) is 23.9. The van der Waals surface area contributed by atoms with E-state index in [9.17, 15) is 9.59 Å². The standard InChI is InChI=1S/C19H25N3O4/c1-5-25-17(23)16-13-15(14-9-7-6-8-10-14)21-22(16)12-11-20-18(24)26-19(2,3)4/h6-10,13H,5,11-12H2,1-4H3,(H,20,24). The van der Waals surface area contributed by atoms with E-state index in [1.165, 1.54) is 4.68 Å². The number of amides is 1. The van der Waals surface area contributed by atoms with Gasteiger partial charge in [-0.25, -0.2) is 9.59 Å². The van der Waals surface area contributed by atoms with Crippen molar-refractivity contribution in [3.05, 3.63) is 42.1 Å². The summed E-state index contributed by atoms with van der Waals surface area (Å²) in [5, 5.41) is 7.14. The van der Waals surface area contributed by atoms with Crippen LogP contribution in [-0.2, 0) is 16.0 Å². The Morgan fingerprint density at radius 2 is 1.88 bits per heavy atom. The highest BCUT2D eigenvalue weighted by Gasteiger charge is 2.19. The molecular weight excluding hydrogens is 334 g/mol. The molecule has 2 aromatic rings. The molecular formula is C19H25N3O4. The Kier molecular flexibility index (Phi) is 6.38. The summed E-state index contributed by atoms with van der Waals surface area (Å²) in [5.41, 5.74) is 1.35. The number of carbonyl (C=O) groups is 2. The van der Waals surface area contributed by atoms with Gasteiger partial charge in [-0.3, -0.25) is 4.68 Å². The molecule has 7 heteroatoms. The quantitative estimate of drug-likeness (QED) is 0.801.